The van der Waals surface area contributed by atoms with Crippen molar-refractivity contribution >= 4 is 22.6 Å². The first-order chi connectivity index (χ1) is 9.94. The molecular formula is C15H16NO4S+. The van der Waals surface area contributed by atoms with E-state index in [9.17, 15) is 8.42 Å². The molecule has 0 fully saturated rings. The van der Waals surface area contributed by atoms with E-state index >= 15 is 0 Å². The molecule has 2 aromatic rings. The SMILES string of the molecule is CC(OS(=O)(=O)O)[n+]1ccc(C=Cc2ccccc2)cc1. The standard InChI is InChI=1S/C15H15NO4S/c1-13(20-21(17,18)19)16-11-9-15(10-12-16)8-7-14-5-3-2-4-6-14/h2-13H,1H3/p+1. The molecule has 0 spiro atoms. The molecule has 1 unspecified atom stereocenters. The van der Waals surface area contributed by atoms with Crippen LogP contribution in [0.4, 0.5) is 0 Å². The Balaban J connectivity index is 2.07. The van der Waals surface area contributed by atoms with E-state index in [1.807, 2.05) is 54.6 Å². The van der Waals surface area contributed by atoms with Crippen molar-refractivity contribution < 1.29 is 21.7 Å². The topological polar surface area (TPSA) is 67.5 Å². The normalized spacial score (nSPS) is 13.4. The molecule has 0 radical (unpaired) electrons. The van der Waals surface area contributed by atoms with Gasteiger partial charge in [-0.1, -0.05) is 42.5 Å². The van der Waals surface area contributed by atoms with Crippen LogP contribution in [0.1, 0.15) is 24.3 Å². The maximum absolute atomic E-state index is 10.7. The maximum Gasteiger partial charge on any atom is 0.402 e. The summed E-state index contributed by atoms with van der Waals surface area (Å²) in [6, 6.07) is 13.5. The first-order valence-electron chi connectivity index (χ1n) is 6.34. The zero-order valence-corrected chi connectivity index (χ0v) is 12.3. The fraction of sp³-hybridized carbons (Fsp3) is 0.133. The summed E-state index contributed by atoms with van der Waals surface area (Å²) in [6.07, 6.45) is 6.49. The quantitative estimate of drug-likeness (QED) is 0.681. The second kappa shape index (κ2) is 6.62. The number of rotatable bonds is 5. The van der Waals surface area contributed by atoms with Gasteiger partial charge in [0.15, 0.2) is 12.4 Å². The molecule has 0 aliphatic heterocycles. The van der Waals surface area contributed by atoms with Crippen LogP contribution in [0.5, 0.6) is 0 Å². The van der Waals surface area contributed by atoms with Gasteiger partial charge in [-0.05, 0) is 11.1 Å². The van der Waals surface area contributed by atoms with E-state index in [2.05, 4.69) is 4.18 Å². The Bertz CT molecular complexity index is 709. The van der Waals surface area contributed by atoms with Crippen LogP contribution in [0.15, 0.2) is 54.9 Å². The summed E-state index contributed by atoms with van der Waals surface area (Å²) in [5.74, 6) is 0. The van der Waals surface area contributed by atoms with Crippen LogP contribution < -0.4 is 4.57 Å². The molecule has 1 atom stereocenters. The van der Waals surface area contributed by atoms with Gasteiger partial charge in [-0.15, -0.1) is 0 Å². The van der Waals surface area contributed by atoms with E-state index in [-0.39, 0.29) is 0 Å². The molecule has 1 heterocycles. The zero-order valence-electron chi connectivity index (χ0n) is 11.5. The molecule has 5 nitrogen and oxygen atoms in total. The molecule has 1 aromatic heterocycles. The van der Waals surface area contributed by atoms with Gasteiger partial charge in [-0.2, -0.15) is 17.2 Å². The van der Waals surface area contributed by atoms with Gasteiger partial charge in [-0.25, -0.2) is 0 Å². The van der Waals surface area contributed by atoms with Crippen LogP contribution in [0, 0.1) is 0 Å². The summed E-state index contributed by atoms with van der Waals surface area (Å²) in [7, 11) is -4.46. The van der Waals surface area contributed by atoms with E-state index in [1.54, 1.807) is 12.4 Å². The van der Waals surface area contributed by atoms with Crippen LogP contribution in [-0.4, -0.2) is 13.0 Å². The van der Waals surface area contributed by atoms with E-state index < -0.39 is 16.6 Å². The Morgan fingerprint density at radius 2 is 1.57 bits per heavy atom. The van der Waals surface area contributed by atoms with E-state index in [0.717, 1.165) is 11.1 Å². The number of pyridine rings is 1. The lowest BCUT2D eigenvalue weighted by Crippen LogP contribution is -2.39. The van der Waals surface area contributed by atoms with Crippen LogP contribution >= 0.6 is 0 Å². The summed E-state index contributed by atoms with van der Waals surface area (Å²) in [6.45, 7) is 1.52. The van der Waals surface area contributed by atoms with E-state index in [1.165, 1.54) is 11.5 Å². The predicted octanol–water partition coefficient (Wildman–Crippen LogP) is 2.48. The highest BCUT2D eigenvalue weighted by molar-refractivity contribution is 7.80. The van der Waals surface area contributed by atoms with Crippen molar-refractivity contribution in [1.29, 1.82) is 0 Å². The van der Waals surface area contributed by atoms with Gasteiger partial charge in [-0.3, -0.25) is 4.55 Å². The first-order valence-corrected chi connectivity index (χ1v) is 7.70. The molecule has 0 amide bonds. The summed E-state index contributed by atoms with van der Waals surface area (Å²) in [5, 5.41) is 0. The van der Waals surface area contributed by atoms with Crippen molar-refractivity contribution in [3.8, 4) is 0 Å². The lowest BCUT2D eigenvalue weighted by molar-refractivity contribution is -0.750. The van der Waals surface area contributed by atoms with Crippen molar-refractivity contribution in [2.75, 3.05) is 0 Å². The van der Waals surface area contributed by atoms with Gasteiger partial charge in [0.2, 0.25) is 0 Å². The molecule has 0 bridgehead atoms. The average molecular weight is 306 g/mol. The monoisotopic (exact) mass is 306 g/mol. The molecule has 0 aliphatic carbocycles. The average Bonchev–Trinajstić information content (AvgIpc) is 2.45. The highest BCUT2D eigenvalue weighted by Gasteiger charge is 2.19. The summed E-state index contributed by atoms with van der Waals surface area (Å²) < 4.78 is 35.9. The molecule has 0 saturated carbocycles. The minimum absolute atomic E-state index is 0.813. The minimum Gasteiger partial charge on any atom is -0.263 e. The molecule has 6 heteroatoms. The molecule has 21 heavy (non-hydrogen) atoms. The second-order valence-electron chi connectivity index (χ2n) is 4.45. The number of aromatic nitrogens is 1. The number of benzene rings is 1. The highest BCUT2D eigenvalue weighted by Crippen LogP contribution is 2.08. The lowest BCUT2D eigenvalue weighted by Gasteiger charge is -2.05. The van der Waals surface area contributed by atoms with Gasteiger partial charge in [0.05, 0.1) is 0 Å². The highest BCUT2D eigenvalue weighted by atomic mass is 32.3. The molecule has 0 aliphatic rings. The van der Waals surface area contributed by atoms with Gasteiger partial charge in [0.25, 0.3) is 6.23 Å². The van der Waals surface area contributed by atoms with Crippen LogP contribution in [0.3, 0.4) is 0 Å². The number of hydrogen-bond acceptors (Lipinski definition) is 3. The fourth-order valence-corrected chi connectivity index (χ4v) is 2.24. The number of nitrogens with zero attached hydrogens (tertiary/aromatic N) is 1. The van der Waals surface area contributed by atoms with Crippen molar-refractivity contribution in [2.24, 2.45) is 0 Å². The van der Waals surface area contributed by atoms with Gasteiger partial charge in [0.1, 0.15) is 0 Å². The Hall–Kier alpha value is -2.02. The first kappa shape index (κ1) is 15.4. The molecule has 0 saturated heterocycles. The Kier molecular flexibility index (Phi) is 4.85. The smallest absolute Gasteiger partial charge is 0.263 e. The molecule has 1 aromatic carbocycles. The van der Waals surface area contributed by atoms with Gasteiger partial charge >= 0.3 is 10.4 Å². The molecule has 110 valence electrons. The predicted molar refractivity (Wildman–Crippen MR) is 79.4 cm³/mol. The number of hydrogen-bond donors (Lipinski definition) is 1. The molecule has 2 rings (SSSR count). The maximum atomic E-state index is 10.7. The van der Waals surface area contributed by atoms with E-state index in [0.29, 0.717) is 0 Å². The van der Waals surface area contributed by atoms with Crippen molar-refractivity contribution in [1.82, 2.24) is 0 Å². The summed E-state index contributed by atoms with van der Waals surface area (Å²) in [5.41, 5.74) is 2.06. The van der Waals surface area contributed by atoms with E-state index in [4.69, 9.17) is 4.55 Å². The Morgan fingerprint density at radius 3 is 2.10 bits per heavy atom. The van der Waals surface area contributed by atoms with Crippen LogP contribution in [0.2, 0.25) is 0 Å². The molecule has 1 N–H and O–H groups in total. The molecular weight excluding hydrogens is 290 g/mol. The second-order valence-corrected chi connectivity index (χ2v) is 5.49. The third-order valence-corrected chi connectivity index (χ3v) is 3.35. The third kappa shape index (κ3) is 5.11. The zero-order chi connectivity index (χ0) is 15.3. The van der Waals surface area contributed by atoms with Crippen molar-refractivity contribution in [3.63, 3.8) is 0 Å². The minimum atomic E-state index is -4.46. The van der Waals surface area contributed by atoms with Crippen LogP contribution in [-0.2, 0) is 14.6 Å². The van der Waals surface area contributed by atoms with Gasteiger partial charge in [0, 0.05) is 19.1 Å². The van der Waals surface area contributed by atoms with Crippen molar-refractivity contribution in [3.05, 3.63) is 66.0 Å². The Labute approximate surface area is 124 Å². The largest absolute Gasteiger partial charge is 0.402 e. The fourth-order valence-electron chi connectivity index (χ4n) is 1.79. The Morgan fingerprint density at radius 1 is 1.05 bits per heavy atom. The lowest BCUT2D eigenvalue weighted by atomic mass is 10.1. The summed E-state index contributed by atoms with van der Waals surface area (Å²) in [4.78, 5) is 0. The van der Waals surface area contributed by atoms with Gasteiger partial charge < -0.3 is 0 Å². The summed E-state index contributed by atoms with van der Waals surface area (Å²) >= 11 is 0. The van der Waals surface area contributed by atoms with Crippen molar-refractivity contribution in [2.45, 2.75) is 13.2 Å². The third-order valence-electron chi connectivity index (χ3n) is 2.83. The van der Waals surface area contributed by atoms with Crippen LogP contribution in [0.25, 0.3) is 12.2 Å².